The van der Waals surface area contributed by atoms with Crippen molar-refractivity contribution in [1.29, 1.82) is 0 Å². The molecule has 3 saturated heterocycles. The van der Waals surface area contributed by atoms with Crippen LogP contribution in [0.1, 0.15) is 80.6 Å². The fourth-order valence-corrected chi connectivity index (χ4v) is 8.87. The molecule has 1 spiro atoms. The third kappa shape index (κ3) is 7.68. The van der Waals surface area contributed by atoms with Crippen molar-refractivity contribution in [3.05, 3.63) is 59.3 Å². The SMILES string of the molecule is CC[C@H](C)[C@H]1O[C@]2(C=C[C@@H]1C)C[C@@H]1C[C@@H](C/C=C(\C)[C@@H](O[C@H]3C[C@H](OC)[C@@H](O)[C@H](C)O3)[C@@H](C)/C=C/C=C3\CO[C@@H]4[C@H](O)C(C)=C[C@@H](C(=O)O1)[C@]34O)O2. The van der Waals surface area contributed by atoms with E-state index in [4.69, 9.17) is 33.2 Å². The number of rotatable bonds is 5. The van der Waals surface area contributed by atoms with Gasteiger partial charge in [0.2, 0.25) is 0 Å². The lowest BCUT2D eigenvalue weighted by Crippen LogP contribution is -2.58. The Hall–Kier alpha value is -2.19. The van der Waals surface area contributed by atoms with E-state index in [1.54, 1.807) is 26.2 Å². The van der Waals surface area contributed by atoms with Crippen molar-refractivity contribution in [2.45, 2.75) is 153 Å². The summed E-state index contributed by atoms with van der Waals surface area (Å²) >= 11 is 0. The average molecular weight is 729 g/mol. The molecule has 6 rings (SSSR count). The van der Waals surface area contributed by atoms with Crippen LogP contribution in [0.3, 0.4) is 0 Å². The molecular formula is C41H60O11. The number of esters is 1. The van der Waals surface area contributed by atoms with E-state index in [0.717, 1.165) is 12.0 Å². The monoisotopic (exact) mass is 728 g/mol. The van der Waals surface area contributed by atoms with Gasteiger partial charge in [-0.25, -0.2) is 0 Å². The number of hydrogen-bond donors (Lipinski definition) is 3. The summed E-state index contributed by atoms with van der Waals surface area (Å²) in [5, 5.41) is 34.1. The number of aliphatic hydroxyl groups excluding tert-OH is 2. The van der Waals surface area contributed by atoms with Gasteiger partial charge < -0.3 is 48.5 Å². The first kappa shape index (κ1) is 39.5. The Bertz CT molecular complexity index is 1450. The van der Waals surface area contributed by atoms with Crippen LogP contribution in [0.25, 0.3) is 0 Å². The molecule has 0 radical (unpaired) electrons. The highest BCUT2D eigenvalue weighted by Gasteiger charge is 2.60. The molecular weight excluding hydrogens is 668 g/mol. The van der Waals surface area contributed by atoms with Crippen LogP contribution in [-0.2, 0) is 38.0 Å². The van der Waals surface area contributed by atoms with E-state index < -0.39 is 72.3 Å². The van der Waals surface area contributed by atoms with E-state index in [-0.39, 0.29) is 36.6 Å². The fraction of sp³-hybridized carbons (Fsp3) is 0.732. The van der Waals surface area contributed by atoms with Crippen LogP contribution in [-0.4, -0.2) is 108 Å². The Morgan fingerprint density at radius 2 is 1.81 bits per heavy atom. The Labute approximate surface area is 308 Å². The second-order valence-electron chi connectivity index (χ2n) is 16.1. The summed E-state index contributed by atoms with van der Waals surface area (Å²) in [6.45, 7) is 14.2. The molecule has 5 aliphatic heterocycles. The van der Waals surface area contributed by atoms with Crippen LogP contribution in [0.2, 0.25) is 0 Å². The Morgan fingerprint density at radius 1 is 1.04 bits per heavy atom. The van der Waals surface area contributed by atoms with E-state index in [0.29, 0.717) is 36.8 Å². The molecule has 3 N–H and O–H groups in total. The number of aliphatic hydroxyl groups is 3. The predicted octanol–water partition coefficient (Wildman–Crippen LogP) is 4.84. The zero-order valence-corrected chi connectivity index (χ0v) is 32.0. The maximum absolute atomic E-state index is 14.2. The maximum atomic E-state index is 14.2. The zero-order valence-electron chi connectivity index (χ0n) is 32.0. The molecule has 0 saturated carbocycles. The second-order valence-corrected chi connectivity index (χ2v) is 16.1. The summed E-state index contributed by atoms with van der Waals surface area (Å²) in [5.41, 5.74) is 0.184. The topological polar surface area (TPSA) is 142 Å². The minimum Gasteiger partial charge on any atom is -0.462 e. The first-order valence-electron chi connectivity index (χ1n) is 19.2. The Balaban J connectivity index is 1.38. The van der Waals surface area contributed by atoms with Crippen LogP contribution >= 0.6 is 0 Å². The molecule has 1 aliphatic carbocycles. The van der Waals surface area contributed by atoms with Gasteiger partial charge in [0.15, 0.2) is 12.1 Å². The lowest BCUT2D eigenvalue weighted by Gasteiger charge is -2.48. The second kappa shape index (κ2) is 15.9. The molecule has 11 heteroatoms. The fourth-order valence-electron chi connectivity index (χ4n) is 8.87. The molecule has 0 aromatic rings. The van der Waals surface area contributed by atoms with Gasteiger partial charge in [0.1, 0.15) is 35.9 Å². The lowest BCUT2D eigenvalue weighted by molar-refractivity contribution is -0.300. The average Bonchev–Trinajstić information content (AvgIpc) is 3.45. The summed E-state index contributed by atoms with van der Waals surface area (Å²) in [6.07, 6.45) is 10.2. The summed E-state index contributed by atoms with van der Waals surface area (Å²) in [4.78, 5) is 14.2. The molecule has 0 aromatic carbocycles. The van der Waals surface area contributed by atoms with Gasteiger partial charge in [-0.05, 0) is 55.9 Å². The molecule has 11 nitrogen and oxygen atoms in total. The van der Waals surface area contributed by atoms with Crippen molar-refractivity contribution in [3.8, 4) is 0 Å². The third-order valence-electron chi connectivity index (χ3n) is 12.3. The van der Waals surface area contributed by atoms with Gasteiger partial charge in [0.05, 0.1) is 37.1 Å². The zero-order chi connectivity index (χ0) is 37.5. The van der Waals surface area contributed by atoms with Crippen molar-refractivity contribution in [3.63, 3.8) is 0 Å². The van der Waals surface area contributed by atoms with Gasteiger partial charge in [-0.3, -0.25) is 4.79 Å². The van der Waals surface area contributed by atoms with Crippen LogP contribution in [0, 0.1) is 23.7 Å². The minimum atomic E-state index is -1.81. The molecule has 2 bridgehead atoms. The van der Waals surface area contributed by atoms with Gasteiger partial charge >= 0.3 is 5.97 Å². The van der Waals surface area contributed by atoms with Gasteiger partial charge in [-0.15, -0.1) is 0 Å². The van der Waals surface area contributed by atoms with Gasteiger partial charge in [-0.1, -0.05) is 70.6 Å². The number of hydrogen-bond acceptors (Lipinski definition) is 11. The standard InChI is InChI=1S/C41H60O11/c1-9-22(2)37-25(5)15-16-40(52-37)20-30-18-29(51-40)14-13-24(4)36(50-33-19-32(46-8)35(43)27(7)48-33)23(3)11-10-12-28-21-47-38-34(42)26(6)17-31(39(44)49-30)41(28,38)45/h10-13,15-17,22-23,25,27,29-38,42-43,45H,9,14,18-21H2,1-8H3/b11-10+,24-13+,28-12+/t22-,23-,25-,27-,29+,30-,31-,32-,33-,34+,35-,36-,37+,38+,40+,41+/m0/s1. The maximum Gasteiger partial charge on any atom is 0.316 e. The molecule has 0 aromatic heterocycles. The number of allylic oxidation sites excluding steroid dienone is 2. The number of carbonyl (C=O) groups excluding carboxylic acids is 1. The first-order valence-corrected chi connectivity index (χ1v) is 19.2. The highest BCUT2D eigenvalue weighted by atomic mass is 16.7. The number of fused-ring (bicyclic) bond motifs is 2. The van der Waals surface area contributed by atoms with E-state index >= 15 is 0 Å². The molecule has 6 aliphatic rings. The van der Waals surface area contributed by atoms with Crippen molar-refractivity contribution in [2.24, 2.45) is 23.7 Å². The van der Waals surface area contributed by atoms with Crippen LogP contribution in [0.4, 0.5) is 0 Å². The van der Waals surface area contributed by atoms with E-state index in [1.165, 1.54) is 0 Å². The van der Waals surface area contributed by atoms with E-state index in [1.807, 2.05) is 39.0 Å². The van der Waals surface area contributed by atoms with Crippen LogP contribution in [0.15, 0.2) is 59.3 Å². The summed E-state index contributed by atoms with van der Waals surface area (Å²) in [7, 11) is 1.58. The van der Waals surface area contributed by atoms with Crippen LogP contribution < -0.4 is 0 Å². The molecule has 290 valence electrons. The molecule has 0 unspecified atom stereocenters. The smallest absolute Gasteiger partial charge is 0.316 e. The largest absolute Gasteiger partial charge is 0.462 e. The molecule has 16 atom stereocenters. The van der Waals surface area contributed by atoms with Crippen molar-refractivity contribution >= 4 is 5.97 Å². The van der Waals surface area contributed by atoms with Gasteiger partial charge in [-0.2, -0.15) is 0 Å². The van der Waals surface area contributed by atoms with Gasteiger partial charge in [0, 0.05) is 38.2 Å². The van der Waals surface area contributed by atoms with Crippen molar-refractivity contribution in [2.75, 3.05) is 13.7 Å². The van der Waals surface area contributed by atoms with Gasteiger partial charge in [0.25, 0.3) is 0 Å². The lowest BCUT2D eigenvalue weighted by atomic mass is 9.71. The summed E-state index contributed by atoms with van der Waals surface area (Å²) < 4.78 is 44.4. The molecule has 3 fully saturated rings. The third-order valence-corrected chi connectivity index (χ3v) is 12.3. The number of methoxy groups -OCH3 is 1. The Morgan fingerprint density at radius 3 is 2.54 bits per heavy atom. The van der Waals surface area contributed by atoms with E-state index in [9.17, 15) is 20.1 Å². The molecule has 5 heterocycles. The highest BCUT2D eigenvalue weighted by molar-refractivity contribution is 5.78. The summed E-state index contributed by atoms with van der Waals surface area (Å²) in [6, 6.07) is 0. The molecule has 52 heavy (non-hydrogen) atoms. The Kier molecular flexibility index (Phi) is 12.1. The summed E-state index contributed by atoms with van der Waals surface area (Å²) in [5.74, 6) is -2.44. The number of ether oxygens (including phenoxy) is 7. The van der Waals surface area contributed by atoms with Crippen molar-refractivity contribution in [1.82, 2.24) is 0 Å². The van der Waals surface area contributed by atoms with Crippen LogP contribution in [0.5, 0.6) is 0 Å². The number of carbonyl (C=O) groups is 1. The quantitative estimate of drug-likeness (QED) is 0.265. The van der Waals surface area contributed by atoms with Crippen molar-refractivity contribution < 1.29 is 53.3 Å². The van der Waals surface area contributed by atoms with E-state index in [2.05, 4.69) is 32.9 Å². The predicted molar refractivity (Wildman–Crippen MR) is 193 cm³/mol. The minimum absolute atomic E-state index is 0.0471. The molecule has 0 amide bonds. The normalized spacial score (nSPS) is 48.8. The first-order chi connectivity index (χ1) is 24.7. The highest BCUT2D eigenvalue weighted by Crippen LogP contribution is 2.47.